The predicted octanol–water partition coefficient (Wildman–Crippen LogP) is 2.36. The number of aromatic nitrogens is 2. The molecule has 5 nitrogen and oxygen atoms in total. The summed E-state index contributed by atoms with van der Waals surface area (Å²) in [5.74, 6) is 0.00220. The van der Waals surface area contributed by atoms with Crippen molar-refractivity contribution in [3.8, 4) is 0 Å². The predicted molar refractivity (Wildman–Crippen MR) is 83.8 cm³/mol. The van der Waals surface area contributed by atoms with E-state index in [9.17, 15) is 4.79 Å². The second-order valence-corrected chi connectivity index (χ2v) is 5.27. The Kier molecular flexibility index (Phi) is 4.62. The summed E-state index contributed by atoms with van der Waals surface area (Å²) in [5, 5.41) is 4.24. The molecule has 1 amide bonds. The average Bonchev–Trinajstić information content (AvgIpc) is 2.76. The van der Waals surface area contributed by atoms with Gasteiger partial charge in [-0.15, -0.1) is 0 Å². The summed E-state index contributed by atoms with van der Waals surface area (Å²) in [4.78, 5) is 14.5. The summed E-state index contributed by atoms with van der Waals surface area (Å²) in [7, 11) is 1.80. The average molecular weight is 286 g/mol. The highest BCUT2D eigenvalue weighted by Gasteiger charge is 2.19. The van der Waals surface area contributed by atoms with Gasteiger partial charge in [-0.2, -0.15) is 5.10 Å². The lowest BCUT2D eigenvalue weighted by Gasteiger charge is -2.22. The van der Waals surface area contributed by atoms with Crippen molar-refractivity contribution in [2.24, 2.45) is 7.05 Å². The first kappa shape index (κ1) is 15.1. The highest BCUT2D eigenvalue weighted by atomic mass is 16.2. The molecule has 0 atom stereocenters. The largest absolute Gasteiger partial charge is 0.399 e. The molecule has 0 saturated heterocycles. The molecule has 1 heterocycles. The maximum Gasteiger partial charge on any atom is 0.272 e. The second-order valence-electron chi connectivity index (χ2n) is 5.27. The van der Waals surface area contributed by atoms with Crippen LogP contribution in [0, 0.1) is 6.92 Å². The van der Waals surface area contributed by atoms with Crippen molar-refractivity contribution < 1.29 is 4.79 Å². The quantitative estimate of drug-likeness (QED) is 0.858. The Labute approximate surface area is 125 Å². The fraction of sp³-hybridized carbons (Fsp3) is 0.375. The number of carbonyl (C=O) groups excluding carboxylic acids is 1. The molecule has 0 radical (unpaired) electrons. The summed E-state index contributed by atoms with van der Waals surface area (Å²) in [6, 6.07) is 9.48. The van der Waals surface area contributed by atoms with Crippen LogP contribution in [-0.2, 0) is 13.6 Å². The van der Waals surface area contributed by atoms with Gasteiger partial charge in [0, 0.05) is 25.8 Å². The molecule has 1 aromatic carbocycles. The number of nitrogen functional groups attached to an aromatic ring is 1. The first-order valence-corrected chi connectivity index (χ1v) is 7.15. The van der Waals surface area contributed by atoms with Gasteiger partial charge < -0.3 is 10.6 Å². The van der Waals surface area contributed by atoms with Crippen LogP contribution in [0.4, 0.5) is 5.69 Å². The van der Waals surface area contributed by atoms with E-state index in [0.717, 1.165) is 17.7 Å². The lowest BCUT2D eigenvalue weighted by Crippen LogP contribution is -2.32. The Bertz CT molecular complexity index is 633. The van der Waals surface area contributed by atoms with Gasteiger partial charge in [-0.1, -0.05) is 19.1 Å². The number of rotatable bonds is 5. The molecule has 0 saturated carbocycles. The van der Waals surface area contributed by atoms with Crippen LogP contribution in [-0.4, -0.2) is 27.1 Å². The van der Waals surface area contributed by atoms with E-state index in [1.807, 2.05) is 42.2 Å². The third-order valence-corrected chi connectivity index (χ3v) is 3.33. The van der Waals surface area contributed by atoms with Crippen LogP contribution in [0.2, 0.25) is 0 Å². The Morgan fingerprint density at radius 1 is 1.38 bits per heavy atom. The molecule has 2 rings (SSSR count). The van der Waals surface area contributed by atoms with E-state index in [4.69, 9.17) is 5.73 Å². The number of hydrogen-bond donors (Lipinski definition) is 1. The third-order valence-electron chi connectivity index (χ3n) is 3.33. The highest BCUT2D eigenvalue weighted by Crippen LogP contribution is 2.13. The molecule has 5 heteroatoms. The zero-order valence-electron chi connectivity index (χ0n) is 12.8. The van der Waals surface area contributed by atoms with Crippen molar-refractivity contribution in [2.45, 2.75) is 26.8 Å². The number of nitrogens with two attached hydrogens (primary N) is 1. The molecule has 112 valence electrons. The van der Waals surface area contributed by atoms with Gasteiger partial charge in [0.15, 0.2) is 0 Å². The molecule has 2 N–H and O–H groups in total. The van der Waals surface area contributed by atoms with Gasteiger partial charge in [0.05, 0.1) is 5.69 Å². The normalized spacial score (nSPS) is 10.6. The maximum atomic E-state index is 12.7. The monoisotopic (exact) mass is 286 g/mol. The first-order chi connectivity index (χ1) is 10.0. The number of anilines is 1. The minimum absolute atomic E-state index is 0.00220. The fourth-order valence-corrected chi connectivity index (χ4v) is 2.41. The number of benzene rings is 1. The van der Waals surface area contributed by atoms with Gasteiger partial charge in [-0.25, -0.2) is 0 Å². The van der Waals surface area contributed by atoms with Gasteiger partial charge in [0.1, 0.15) is 5.69 Å². The standard InChI is InChI=1S/C16H22N4O/c1-4-8-20(11-13-6-5-7-14(17)10-13)16(21)15-9-12(2)18-19(15)3/h5-7,9-10H,4,8,11,17H2,1-3H3. The molecule has 0 bridgehead atoms. The number of hydrogen-bond acceptors (Lipinski definition) is 3. The minimum Gasteiger partial charge on any atom is -0.399 e. The van der Waals surface area contributed by atoms with Crippen molar-refractivity contribution in [2.75, 3.05) is 12.3 Å². The van der Waals surface area contributed by atoms with Gasteiger partial charge in [-0.3, -0.25) is 9.48 Å². The van der Waals surface area contributed by atoms with Crippen LogP contribution in [0.15, 0.2) is 30.3 Å². The van der Waals surface area contributed by atoms with Crippen LogP contribution in [0.25, 0.3) is 0 Å². The van der Waals surface area contributed by atoms with E-state index in [-0.39, 0.29) is 5.91 Å². The van der Waals surface area contributed by atoms with Crippen LogP contribution >= 0.6 is 0 Å². The molecule has 0 aliphatic carbocycles. The van der Waals surface area contributed by atoms with Crippen LogP contribution in [0.3, 0.4) is 0 Å². The van der Waals surface area contributed by atoms with Gasteiger partial charge >= 0.3 is 0 Å². The van der Waals surface area contributed by atoms with Crippen LogP contribution < -0.4 is 5.73 Å². The van der Waals surface area contributed by atoms with E-state index < -0.39 is 0 Å². The number of amides is 1. The fourth-order valence-electron chi connectivity index (χ4n) is 2.41. The number of nitrogens with zero attached hydrogens (tertiary/aromatic N) is 3. The molecular weight excluding hydrogens is 264 g/mol. The Morgan fingerprint density at radius 3 is 2.71 bits per heavy atom. The molecule has 21 heavy (non-hydrogen) atoms. The van der Waals surface area contributed by atoms with E-state index in [1.54, 1.807) is 11.7 Å². The molecule has 0 fully saturated rings. The molecule has 0 aliphatic heterocycles. The Balaban J connectivity index is 2.22. The minimum atomic E-state index is 0.00220. The lowest BCUT2D eigenvalue weighted by molar-refractivity contribution is 0.0732. The Hall–Kier alpha value is -2.30. The van der Waals surface area contributed by atoms with Gasteiger partial charge in [0.25, 0.3) is 5.91 Å². The molecule has 0 spiro atoms. The molecular formula is C16H22N4O. The molecule has 2 aromatic rings. The summed E-state index contributed by atoms with van der Waals surface area (Å²) < 4.78 is 1.64. The maximum absolute atomic E-state index is 12.7. The van der Waals surface area contributed by atoms with Crippen LogP contribution in [0.5, 0.6) is 0 Å². The SMILES string of the molecule is CCCN(Cc1cccc(N)c1)C(=O)c1cc(C)nn1C. The zero-order valence-corrected chi connectivity index (χ0v) is 12.8. The van der Waals surface area contributed by atoms with E-state index >= 15 is 0 Å². The summed E-state index contributed by atoms with van der Waals surface area (Å²) in [5.41, 5.74) is 9.02. The van der Waals surface area contributed by atoms with E-state index in [2.05, 4.69) is 12.0 Å². The Morgan fingerprint density at radius 2 is 2.14 bits per heavy atom. The van der Waals surface area contributed by atoms with Gasteiger partial charge in [-0.05, 0) is 37.1 Å². The first-order valence-electron chi connectivity index (χ1n) is 7.15. The summed E-state index contributed by atoms with van der Waals surface area (Å²) in [6.07, 6.45) is 0.908. The smallest absolute Gasteiger partial charge is 0.272 e. The van der Waals surface area contributed by atoms with Crippen molar-refractivity contribution in [1.29, 1.82) is 0 Å². The molecule has 0 unspecified atom stereocenters. The highest BCUT2D eigenvalue weighted by molar-refractivity contribution is 5.92. The lowest BCUT2D eigenvalue weighted by atomic mass is 10.1. The summed E-state index contributed by atoms with van der Waals surface area (Å²) in [6.45, 7) is 5.22. The zero-order chi connectivity index (χ0) is 15.4. The van der Waals surface area contributed by atoms with Crippen LogP contribution in [0.1, 0.15) is 35.1 Å². The van der Waals surface area contributed by atoms with Crippen molar-refractivity contribution >= 4 is 11.6 Å². The van der Waals surface area contributed by atoms with E-state index in [0.29, 0.717) is 24.5 Å². The topological polar surface area (TPSA) is 64.2 Å². The molecule has 1 aromatic heterocycles. The van der Waals surface area contributed by atoms with E-state index in [1.165, 1.54) is 0 Å². The second kappa shape index (κ2) is 6.43. The summed E-state index contributed by atoms with van der Waals surface area (Å²) >= 11 is 0. The van der Waals surface area contributed by atoms with Crippen molar-refractivity contribution in [3.05, 3.63) is 47.3 Å². The number of aryl methyl sites for hydroxylation is 2. The van der Waals surface area contributed by atoms with Crippen molar-refractivity contribution in [1.82, 2.24) is 14.7 Å². The third kappa shape index (κ3) is 3.62. The number of carbonyl (C=O) groups is 1. The molecule has 0 aliphatic rings. The van der Waals surface area contributed by atoms with Gasteiger partial charge in [0.2, 0.25) is 0 Å². The van der Waals surface area contributed by atoms with Crippen molar-refractivity contribution in [3.63, 3.8) is 0 Å².